The van der Waals surface area contributed by atoms with E-state index in [4.69, 9.17) is 0 Å². The molecule has 0 bridgehead atoms. The van der Waals surface area contributed by atoms with Crippen molar-refractivity contribution in [3.05, 3.63) is 29.8 Å². The Hall–Kier alpha value is -1.40. The monoisotopic (exact) mass is 313 g/mol. The van der Waals surface area contributed by atoms with E-state index in [1.54, 1.807) is 38.1 Å². The van der Waals surface area contributed by atoms with Crippen molar-refractivity contribution >= 4 is 16.0 Å². The molecule has 0 fully saturated rings. The van der Waals surface area contributed by atoms with E-state index < -0.39 is 21.4 Å². The number of sulfonamides is 1. The molecule has 1 rings (SSSR count). The molecule has 2 N–H and O–H groups in total. The van der Waals surface area contributed by atoms with Crippen LogP contribution in [-0.4, -0.2) is 26.0 Å². The minimum atomic E-state index is -3.69. The second-order valence-electron chi connectivity index (χ2n) is 5.11. The van der Waals surface area contributed by atoms with Crippen molar-refractivity contribution in [2.45, 2.75) is 44.9 Å². The molecule has 0 unspecified atom stereocenters. The maximum atomic E-state index is 12.2. The van der Waals surface area contributed by atoms with E-state index in [0.29, 0.717) is 12.8 Å². The Kier molecular flexibility index (Phi) is 5.92. The highest BCUT2D eigenvalue weighted by atomic mass is 32.2. The molecule has 6 heteroatoms. The minimum absolute atomic E-state index is 0.104. The minimum Gasteiger partial charge on any atom is -0.481 e. The first kappa shape index (κ1) is 17.7. The summed E-state index contributed by atoms with van der Waals surface area (Å²) in [4.78, 5) is 11.5. The lowest BCUT2D eigenvalue weighted by atomic mass is 9.83. The topological polar surface area (TPSA) is 83.5 Å². The van der Waals surface area contributed by atoms with Gasteiger partial charge in [-0.15, -0.1) is 0 Å². The van der Waals surface area contributed by atoms with Gasteiger partial charge < -0.3 is 5.11 Å². The fraction of sp³-hybridized carbons (Fsp3) is 0.533. The Bertz CT molecular complexity index is 574. The third-order valence-corrected chi connectivity index (χ3v) is 5.47. The molecular formula is C15H23NO4S. The molecule has 0 aromatic heterocycles. The SMILES string of the molecule is CCc1ccc(S(=O)(=O)NCC(CC)(CC)C(=O)O)cc1. The van der Waals surface area contributed by atoms with Gasteiger partial charge in [0.1, 0.15) is 0 Å². The fourth-order valence-electron chi connectivity index (χ4n) is 2.10. The normalized spacial score (nSPS) is 12.3. The zero-order chi connectivity index (χ0) is 16.1. The van der Waals surface area contributed by atoms with Crippen LogP contribution in [0.15, 0.2) is 29.2 Å². The van der Waals surface area contributed by atoms with Crippen molar-refractivity contribution in [1.29, 1.82) is 0 Å². The number of aryl methyl sites for hydroxylation is 1. The molecule has 1 aromatic carbocycles. The lowest BCUT2D eigenvalue weighted by molar-refractivity contribution is -0.149. The molecule has 0 aliphatic rings. The van der Waals surface area contributed by atoms with Crippen LogP contribution in [0.4, 0.5) is 0 Å². The average molecular weight is 313 g/mol. The third-order valence-electron chi connectivity index (χ3n) is 4.05. The first-order valence-corrected chi connectivity index (χ1v) is 8.61. The van der Waals surface area contributed by atoms with Gasteiger partial charge in [-0.2, -0.15) is 0 Å². The quantitative estimate of drug-likeness (QED) is 0.772. The summed E-state index contributed by atoms with van der Waals surface area (Å²) in [5.74, 6) is -0.975. The fourth-order valence-corrected chi connectivity index (χ4v) is 3.23. The molecule has 0 spiro atoms. The number of hydrogen-bond donors (Lipinski definition) is 2. The first-order chi connectivity index (χ1) is 9.81. The van der Waals surface area contributed by atoms with Gasteiger partial charge >= 0.3 is 5.97 Å². The highest BCUT2D eigenvalue weighted by Crippen LogP contribution is 2.26. The number of carboxylic acids is 1. The summed E-state index contributed by atoms with van der Waals surface area (Å²) in [6.45, 7) is 5.39. The second kappa shape index (κ2) is 7.04. The Morgan fingerprint density at radius 1 is 1.14 bits per heavy atom. The van der Waals surface area contributed by atoms with Crippen molar-refractivity contribution in [3.63, 3.8) is 0 Å². The summed E-state index contributed by atoms with van der Waals surface area (Å²) in [5, 5.41) is 9.32. The molecule has 118 valence electrons. The molecule has 0 saturated heterocycles. The van der Waals surface area contributed by atoms with E-state index in [1.165, 1.54) is 0 Å². The van der Waals surface area contributed by atoms with Gasteiger partial charge in [0.15, 0.2) is 0 Å². The van der Waals surface area contributed by atoms with E-state index >= 15 is 0 Å². The predicted octanol–water partition coefficient (Wildman–Crippen LogP) is 2.42. The van der Waals surface area contributed by atoms with Gasteiger partial charge in [0.05, 0.1) is 10.3 Å². The number of nitrogens with one attached hydrogen (secondary N) is 1. The lowest BCUT2D eigenvalue weighted by Crippen LogP contribution is -2.42. The highest BCUT2D eigenvalue weighted by molar-refractivity contribution is 7.89. The summed E-state index contributed by atoms with van der Waals surface area (Å²) < 4.78 is 26.9. The Labute approximate surface area is 126 Å². The second-order valence-corrected chi connectivity index (χ2v) is 6.88. The third kappa shape index (κ3) is 4.04. The van der Waals surface area contributed by atoms with Crippen LogP contribution in [0.5, 0.6) is 0 Å². The van der Waals surface area contributed by atoms with Crippen molar-refractivity contribution in [1.82, 2.24) is 4.72 Å². The van der Waals surface area contributed by atoms with Gasteiger partial charge in [-0.1, -0.05) is 32.9 Å². The molecular weight excluding hydrogens is 290 g/mol. The number of rotatable bonds is 8. The smallest absolute Gasteiger partial charge is 0.310 e. The van der Waals surface area contributed by atoms with Crippen molar-refractivity contribution < 1.29 is 18.3 Å². The standard InChI is InChI=1S/C15H23NO4S/c1-4-12-7-9-13(10-8-12)21(19,20)16-11-15(5-2,6-3)14(17)18/h7-10,16H,4-6,11H2,1-3H3,(H,17,18). The van der Waals surface area contributed by atoms with Gasteiger partial charge in [0.25, 0.3) is 0 Å². The van der Waals surface area contributed by atoms with Gasteiger partial charge in [0.2, 0.25) is 10.0 Å². The van der Waals surface area contributed by atoms with E-state index in [0.717, 1.165) is 12.0 Å². The predicted molar refractivity (Wildman–Crippen MR) is 81.7 cm³/mol. The van der Waals surface area contributed by atoms with E-state index in [2.05, 4.69) is 4.72 Å². The first-order valence-electron chi connectivity index (χ1n) is 7.13. The van der Waals surface area contributed by atoms with Crippen LogP contribution in [0.3, 0.4) is 0 Å². The van der Waals surface area contributed by atoms with Gasteiger partial charge in [-0.25, -0.2) is 13.1 Å². The Morgan fingerprint density at radius 2 is 1.67 bits per heavy atom. The number of carboxylic acid groups (broad SMARTS) is 1. The lowest BCUT2D eigenvalue weighted by Gasteiger charge is -2.26. The summed E-state index contributed by atoms with van der Waals surface area (Å²) in [6.07, 6.45) is 1.58. The Balaban J connectivity index is 2.91. The van der Waals surface area contributed by atoms with E-state index in [9.17, 15) is 18.3 Å². The average Bonchev–Trinajstić information content (AvgIpc) is 2.48. The van der Waals surface area contributed by atoms with Crippen molar-refractivity contribution in [3.8, 4) is 0 Å². The highest BCUT2D eigenvalue weighted by Gasteiger charge is 2.36. The van der Waals surface area contributed by atoms with Crippen LogP contribution >= 0.6 is 0 Å². The maximum Gasteiger partial charge on any atom is 0.310 e. The Morgan fingerprint density at radius 3 is 2.05 bits per heavy atom. The molecule has 1 aromatic rings. The molecule has 0 saturated carbocycles. The zero-order valence-electron chi connectivity index (χ0n) is 12.7. The molecule has 0 radical (unpaired) electrons. The molecule has 0 amide bonds. The molecule has 0 aliphatic carbocycles. The summed E-state index contributed by atoms with van der Waals surface area (Å²) in [5.41, 5.74) is -0.00729. The molecule has 0 aliphatic heterocycles. The summed E-state index contributed by atoms with van der Waals surface area (Å²) >= 11 is 0. The summed E-state index contributed by atoms with van der Waals surface area (Å²) in [6, 6.07) is 6.61. The van der Waals surface area contributed by atoms with E-state index in [-0.39, 0.29) is 11.4 Å². The van der Waals surface area contributed by atoms with Crippen molar-refractivity contribution in [2.24, 2.45) is 5.41 Å². The molecule has 0 heterocycles. The van der Waals surface area contributed by atoms with Gasteiger partial charge in [-0.05, 0) is 37.0 Å². The number of aliphatic carboxylic acids is 1. The van der Waals surface area contributed by atoms with Crippen LogP contribution in [0.1, 0.15) is 39.2 Å². The van der Waals surface area contributed by atoms with Crippen LogP contribution < -0.4 is 4.72 Å². The van der Waals surface area contributed by atoms with Crippen LogP contribution in [0.2, 0.25) is 0 Å². The molecule has 21 heavy (non-hydrogen) atoms. The maximum absolute atomic E-state index is 12.2. The number of carbonyl (C=O) groups is 1. The van der Waals surface area contributed by atoms with Gasteiger partial charge in [-0.3, -0.25) is 4.79 Å². The summed E-state index contributed by atoms with van der Waals surface area (Å²) in [7, 11) is -3.69. The van der Waals surface area contributed by atoms with Crippen LogP contribution in [-0.2, 0) is 21.2 Å². The molecule has 5 nitrogen and oxygen atoms in total. The number of benzene rings is 1. The van der Waals surface area contributed by atoms with Crippen molar-refractivity contribution in [2.75, 3.05) is 6.54 Å². The van der Waals surface area contributed by atoms with Crippen LogP contribution in [0.25, 0.3) is 0 Å². The van der Waals surface area contributed by atoms with Gasteiger partial charge in [0, 0.05) is 6.54 Å². The van der Waals surface area contributed by atoms with Crippen LogP contribution in [0, 0.1) is 5.41 Å². The largest absolute Gasteiger partial charge is 0.481 e. The zero-order valence-corrected chi connectivity index (χ0v) is 13.5. The number of hydrogen-bond acceptors (Lipinski definition) is 3. The van der Waals surface area contributed by atoms with E-state index in [1.807, 2.05) is 6.92 Å². The molecule has 0 atom stereocenters.